The molecule has 0 spiro atoms. The van der Waals surface area contributed by atoms with Crippen LogP contribution in [0.1, 0.15) is 23.6 Å². The molecular formula is C17H19BrN2. The summed E-state index contributed by atoms with van der Waals surface area (Å²) >= 11 is 3.66. The average Bonchev–Trinajstić information content (AvgIpc) is 2.84. The maximum Gasteiger partial charge on any atom is 0.0520 e. The third-order valence-corrected chi connectivity index (χ3v) is 4.66. The predicted molar refractivity (Wildman–Crippen MR) is 89.6 cm³/mol. The van der Waals surface area contributed by atoms with Crippen LogP contribution in [-0.4, -0.2) is 14.1 Å². The van der Waals surface area contributed by atoms with Gasteiger partial charge in [0.2, 0.25) is 0 Å². The van der Waals surface area contributed by atoms with Crippen molar-refractivity contribution in [1.29, 1.82) is 0 Å². The highest BCUT2D eigenvalue weighted by Gasteiger charge is 2.23. The van der Waals surface area contributed by atoms with Gasteiger partial charge in [-0.05, 0) is 48.2 Å². The number of hydrogen-bond acceptors (Lipinski definition) is 2. The van der Waals surface area contributed by atoms with E-state index in [0.717, 1.165) is 12.8 Å². The van der Waals surface area contributed by atoms with Gasteiger partial charge < -0.3 is 10.2 Å². The van der Waals surface area contributed by atoms with E-state index in [1.165, 1.54) is 27.0 Å². The monoisotopic (exact) mass is 330 g/mol. The first-order valence-electron chi connectivity index (χ1n) is 6.96. The fourth-order valence-electron chi connectivity index (χ4n) is 2.83. The van der Waals surface area contributed by atoms with E-state index in [9.17, 15) is 0 Å². The van der Waals surface area contributed by atoms with Crippen molar-refractivity contribution in [2.75, 3.05) is 24.3 Å². The van der Waals surface area contributed by atoms with Gasteiger partial charge in [0, 0.05) is 29.9 Å². The molecule has 0 fully saturated rings. The van der Waals surface area contributed by atoms with Gasteiger partial charge in [0.25, 0.3) is 0 Å². The summed E-state index contributed by atoms with van der Waals surface area (Å²) in [5, 5.41) is 3.67. The van der Waals surface area contributed by atoms with Crippen LogP contribution in [0.25, 0.3) is 0 Å². The lowest BCUT2D eigenvalue weighted by molar-refractivity contribution is 0.762. The zero-order valence-corrected chi connectivity index (χ0v) is 13.4. The summed E-state index contributed by atoms with van der Waals surface area (Å²) in [5.74, 6) is 0. The second kappa shape index (κ2) is 5.49. The predicted octanol–water partition coefficient (Wildman–Crippen LogP) is 4.61. The second-order valence-corrected chi connectivity index (χ2v) is 6.34. The molecule has 2 nitrogen and oxygen atoms in total. The van der Waals surface area contributed by atoms with Gasteiger partial charge in [0.15, 0.2) is 0 Å². The number of fused-ring (bicyclic) bond motifs is 1. The first-order valence-corrected chi connectivity index (χ1v) is 7.75. The lowest BCUT2D eigenvalue weighted by Gasteiger charge is -2.18. The number of nitrogens with zero attached hydrogens (tertiary/aromatic N) is 1. The number of anilines is 2. The van der Waals surface area contributed by atoms with Crippen molar-refractivity contribution < 1.29 is 0 Å². The molecule has 1 aliphatic rings. The van der Waals surface area contributed by atoms with Crippen LogP contribution in [0.3, 0.4) is 0 Å². The molecule has 0 saturated heterocycles. The van der Waals surface area contributed by atoms with Gasteiger partial charge in [0.05, 0.1) is 6.04 Å². The van der Waals surface area contributed by atoms with Crippen LogP contribution < -0.4 is 10.2 Å². The van der Waals surface area contributed by atoms with E-state index in [2.05, 4.69) is 82.7 Å². The highest BCUT2D eigenvalue weighted by Crippen LogP contribution is 2.37. The van der Waals surface area contributed by atoms with Crippen molar-refractivity contribution in [3.05, 3.63) is 58.1 Å². The van der Waals surface area contributed by atoms with E-state index < -0.39 is 0 Å². The Kier molecular flexibility index (Phi) is 3.70. The van der Waals surface area contributed by atoms with Crippen LogP contribution in [0.4, 0.5) is 11.4 Å². The van der Waals surface area contributed by atoms with Gasteiger partial charge in [-0.2, -0.15) is 0 Å². The van der Waals surface area contributed by atoms with E-state index in [1.54, 1.807) is 0 Å². The molecule has 104 valence electrons. The van der Waals surface area contributed by atoms with Crippen molar-refractivity contribution in [2.24, 2.45) is 0 Å². The molecule has 1 N–H and O–H groups in total. The van der Waals surface area contributed by atoms with Gasteiger partial charge in [-0.3, -0.25) is 0 Å². The fraction of sp³-hybridized carbons (Fsp3) is 0.294. The number of halogens is 1. The Hall–Kier alpha value is -1.48. The highest BCUT2D eigenvalue weighted by molar-refractivity contribution is 9.10. The molecule has 2 aromatic carbocycles. The van der Waals surface area contributed by atoms with Crippen molar-refractivity contribution >= 4 is 27.3 Å². The maximum absolute atomic E-state index is 3.67. The lowest BCUT2D eigenvalue weighted by Crippen LogP contribution is -2.10. The summed E-state index contributed by atoms with van der Waals surface area (Å²) in [6, 6.07) is 15.5. The fourth-order valence-corrected chi connectivity index (χ4v) is 3.41. The molecule has 2 aromatic rings. The standard InChI is InChI=1S/C17H19BrN2/c1-20(2)13-6-3-5-12(11-13)19-17-10-9-14-15(17)7-4-8-16(14)18/h3-8,11,17,19H,9-10H2,1-2H3. The Morgan fingerprint density at radius 2 is 1.95 bits per heavy atom. The van der Waals surface area contributed by atoms with Crippen LogP contribution >= 0.6 is 15.9 Å². The molecule has 1 atom stereocenters. The first kappa shape index (κ1) is 13.5. The Morgan fingerprint density at radius 3 is 2.75 bits per heavy atom. The third kappa shape index (κ3) is 2.55. The summed E-state index contributed by atoms with van der Waals surface area (Å²) in [6.07, 6.45) is 2.30. The SMILES string of the molecule is CN(C)c1cccc(NC2CCc3c(Br)cccc32)c1. The molecule has 3 heteroatoms. The summed E-state index contributed by atoms with van der Waals surface area (Å²) in [6.45, 7) is 0. The quantitative estimate of drug-likeness (QED) is 0.883. The van der Waals surface area contributed by atoms with E-state index in [-0.39, 0.29) is 0 Å². The maximum atomic E-state index is 3.67. The zero-order chi connectivity index (χ0) is 14.1. The first-order chi connectivity index (χ1) is 9.65. The molecule has 3 rings (SSSR count). The van der Waals surface area contributed by atoms with Crippen LogP contribution in [-0.2, 0) is 6.42 Å². The molecule has 1 aliphatic carbocycles. The second-order valence-electron chi connectivity index (χ2n) is 5.49. The van der Waals surface area contributed by atoms with Gasteiger partial charge in [-0.15, -0.1) is 0 Å². The molecule has 20 heavy (non-hydrogen) atoms. The van der Waals surface area contributed by atoms with Gasteiger partial charge in [-0.1, -0.05) is 34.1 Å². The van der Waals surface area contributed by atoms with Gasteiger partial charge >= 0.3 is 0 Å². The van der Waals surface area contributed by atoms with Crippen molar-refractivity contribution in [3.63, 3.8) is 0 Å². The number of benzene rings is 2. The minimum Gasteiger partial charge on any atom is -0.378 e. The summed E-state index contributed by atoms with van der Waals surface area (Å²) in [7, 11) is 4.14. The van der Waals surface area contributed by atoms with E-state index in [1.807, 2.05) is 0 Å². The van der Waals surface area contributed by atoms with Crippen LogP contribution in [0, 0.1) is 0 Å². The smallest absolute Gasteiger partial charge is 0.0520 e. The normalized spacial score (nSPS) is 16.9. The molecule has 0 radical (unpaired) electrons. The number of hydrogen-bond donors (Lipinski definition) is 1. The number of rotatable bonds is 3. The summed E-state index contributed by atoms with van der Waals surface area (Å²) in [4.78, 5) is 2.13. The summed E-state index contributed by atoms with van der Waals surface area (Å²) < 4.78 is 1.24. The summed E-state index contributed by atoms with van der Waals surface area (Å²) in [5.41, 5.74) is 5.29. The van der Waals surface area contributed by atoms with Crippen molar-refractivity contribution in [1.82, 2.24) is 0 Å². The molecule has 0 aromatic heterocycles. The molecule has 0 saturated carbocycles. The molecule has 0 heterocycles. The van der Waals surface area contributed by atoms with Gasteiger partial charge in [-0.25, -0.2) is 0 Å². The Morgan fingerprint density at radius 1 is 1.15 bits per heavy atom. The van der Waals surface area contributed by atoms with Gasteiger partial charge in [0.1, 0.15) is 0 Å². The molecule has 0 bridgehead atoms. The Bertz CT molecular complexity index is 622. The highest BCUT2D eigenvalue weighted by atomic mass is 79.9. The van der Waals surface area contributed by atoms with Crippen LogP contribution in [0.2, 0.25) is 0 Å². The Balaban J connectivity index is 1.84. The Labute approximate surface area is 128 Å². The molecule has 0 amide bonds. The lowest BCUT2D eigenvalue weighted by atomic mass is 10.1. The van der Waals surface area contributed by atoms with Crippen molar-refractivity contribution in [2.45, 2.75) is 18.9 Å². The zero-order valence-electron chi connectivity index (χ0n) is 11.9. The molecule has 0 aliphatic heterocycles. The van der Waals surface area contributed by atoms with E-state index in [4.69, 9.17) is 0 Å². The molecule has 1 unspecified atom stereocenters. The van der Waals surface area contributed by atoms with Crippen molar-refractivity contribution in [3.8, 4) is 0 Å². The number of nitrogens with one attached hydrogen (secondary N) is 1. The largest absolute Gasteiger partial charge is 0.378 e. The molecular weight excluding hydrogens is 312 g/mol. The minimum absolute atomic E-state index is 0.417. The topological polar surface area (TPSA) is 15.3 Å². The van der Waals surface area contributed by atoms with Crippen LogP contribution in [0.15, 0.2) is 46.9 Å². The third-order valence-electron chi connectivity index (χ3n) is 3.92. The minimum atomic E-state index is 0.417. The van der Waals surface area contributed by atoms with Crippen LogP contribution in [0.5, 0.6) is 0 Å². The van der Waals surface area contributed by atoms with E-state index >= 15 is 0 Å². The average molecular weight is 331 g/mol. The van der Waals surface area contributed by atoms with E-state index in [0.29, 0.717) is 6.04 Å².